The third-order valence-electron chi connectivity index (χ3n) is 1.08. The van der Waals surface area contributed by atoms with Crippen molar-refractivity contribution in [1.29, 1.82) is 0 Å². The highest BCUT2D eigenvalue weighted by atomic mass is 32.2. The van der Waals surface area contributed by atoms with Crippen molar-refractivity contribution >= 4 is 17.7 Å². The number of anilines is 1. The van der Waals surface area contributed by atoms with Crippen LogP contribution in [0.3, 0.4) is 0 Å². The zero-order valence-corrected chi connectivity index (χ0v) is 6.61. The summed E-state index contributed by atoms with van der Waals surface area (Å²) in [7, 11) is 0. The molecule has 0 unspecified atom stereocenters. The first-order valence-corrected chi connectivity index (χ1v) is 4.38. The van der Waals surface area contributed by atoms with Gasteiger partial charge in [-0.15, -0.1) is 0 Å². The molecule has 0 amide bonds. The van der Waals surface area contributed by atoms with Crippen molar-refractivity contribution < 1.29 is 0 Å². The fraction of sp³-hybridized carbons (Fsp3) is 0.600. The smallest absolute Gasteiger partial charge is 0.216 e. The summed E-state index contributed by atoms with van der Waals surface area (Å²) in [5, 5.41) is 6.46. The number of aromatic nitrogens is 3. The molecule has 10 heavy (non-hydrogen) atoms. The number of aromatic amines is 1. The van der Waals surface area contributed by atoms with E-state index in [1.54, 1.807) is 11.8 Å². The van der Waals surface area contributed by atoms with Crippen molar-refractivity contribution in [2.45, 2.75) is 6.42 Å². The zero-order chi connectivity index (χ0) is 7.40. The standard InChI is InChI=1S/C5H10N4S/c1-10-3-2-4-7-5(6)9-8-4/h2-3H2,1H3,(H3,6,7,8,9). The monoisotopic (exact) mass is 158 g/mol. The van der Waals surface area contributed by atoms with Gasteiger partial charge in [0.25, 0.3) is 0 Å². The van der Waals surface area contributed by atoms with Gasteiger partial charge in [0.15, 0.2) is 5.82 Å². The molecule has 0 fully saturated rings. The molecule has 1 rings (SSSR count). The maximum atomic E-state index is 5.31. The topological polar surface area (TPSA) is 67.6 Å². The molecular formula is C5H10N4S. The lowest BCUT2D eigenvalue weighted by atomic mass is 10.5. The Hall–Kier alpha value is -0.710. The summed E-state index contributed by atoms with van der Waals surface area (Å²) < 4.78 is 0. The van der Waals surface area contributed by atoms with Crippen LogP contribution in [0.2, 0.25) is 0 Å². The minimum Gasteiger partial charge on any atom is -0.368 e. The Balaban J connectivity index is 2.42. The van der Waals surface area contributed by atoms with Gasteiger partial charge in [-0.3, -0.25) is 0 Å². The highest BCUT2D eigenvalue weighted by molar-refractivity contribution is 7.98. The van der Waals surface area contributed by atoms with E-state index in [9.17, 15) is 0 Å². The number of aryl methyl sites for hydroxylation is 1. The van der Waals surface area contributed by atoms with Gasteiger partial charge in [-0.2, -0.15) is 21.8 Å². The molecule has 5 heteroatoms. The lowest BCUT2D eigenvalue weighted by Crippen LogP contribution is -1.91. The van der Waals surface area contributed by atoms with Gasteiger partial charge in [0.1, 0.15) is 0 Å². The van der Waals surface area contributed by atoms with Gasteiger partial charge < -0.3 is 5.73 Å². The molecule has 1 aromatic heterocycles. The van der Waals surface area contributed by atoms with Crippen LogP contribution in [0.5, 0.6) is 0 Å². The molecule has 1 aromatic rings. The van der Waals surface area contributed by atoms with Gasteiger partial charge in [0, 0.05) is 12.2 Å². The normalized spacial score (nSPS) is 10.1. The minimum absolute atomic E-state index is 0.399. The van der Waals surface area contributed by atoms with E-state index in [0.29, 0.717) is 5.95 Å². The van der Waals surface area contributed by atoms with Gasteiger partial charge in [-0.25, -0.2) is 5.10 Å². The van der Waals surface area contributed by atoms with Crippen molar-refractivity contribution in [3.8, 4) is 0 Å². The molecule has 0 aromatic carbocycles. The summed E-state index contributed by atoms with van der Waals surface area (Å²) in [5.41, 5.74) is 5.31. The molecule has 1 heterocycles. The summed E-state index contributed by atoms with van der Waals surface area (Å²) in [6.45, 7) is 0. The number of nitrogens with two attached hydrogens (primary N) is 1. The second-order valence-corrected chi connectivity index (χ2v) is 2.87. The molecule has 56 valence electrons. The van der Waals surface area contributed by atoms with Crippen LogP contribution in [-0.4, -0.2) is 27.2 Å². The quantitative estimate of drug-likeness (QED) is 0.663. The van der Waals surface area contributed by atoms with Gasteiger partial charge >= 0.3 is 0 Å². The van der Waals surface area contributed by atoms with Crippen LogP contribution in [0.4, 0.5) is 5.95 Å². The third kappa shape index (κ3) is 1.91. The number of hydrogen-bond donors (Lipinski definition) is 2. The van der Waals surface area contributed by atoms with E-state index in [4.69, 9.17) is 5.73 Å². The summed E-state index contributed by atoms with van der Waals surface area (Å²) in [5.74, 6) is 2.24. The van der Waals surface area contributed by atoms with E-state index < -0.39 is 0 Å². The Morgan fingerprint density at radius 2 is 2.50 bits per heavy atom. The second kappa shape index (κ2) is 3.46. The molecular weight excluding hydrogens is 148 g/mol. The highest BCUT2D eigenvalue weighted by Crippen LogP contribution is 1.99. The predicted octanol–water partition coefficient (Wildman–Crippen LogP) is 0.292. The fourth-order valence-electron chi connectivity index (χ4n) is 0.616. The molecule has 0 aliphatic heterocycles. The molecule has 0 aliphatic rings. The first-order chi connectivity index (χ1) is 4.83. The average molecular weight is 158 g/mol. The fourth-order valence-corrected chi connectivity index (χ4v) is 1.00. The molecule has 0 bridgehead atoms. The second-order valence-electron chi connectivity index (χ2n) is 1.88. The van der Waals surface area contributed by atoms with Crippen molar-refractivity contribution in [3.63, 3.8) is 0 Å². The highest BCUT2D eigenvalue weighted by Gasteiger charge is 1.97. The maximum Gasteiger partial charge on any atom is 0.216 e. The van der Waals surface area contributed by atoms with E-state index in [0.717, 1.165) is 18.0 Å². The summed E-state index contributed by atoms with van der Waals surface area (Å²) in [4.78, 5) is 3.95. The lowest BCUT2D eigenvalue weighted by molar-refractivity contribution is 0.954. The average Bonchev–Trinajstić information content (AvgIpc) is 2.31. The Morgan fingerprint density at radius 3 is 3.00 bits per heavy atom. The van der Waals surface area contributed by atoms with Crippen LogP contribution in [-0.2, 0) is 6.42 Å². The number of nitrogens with zero attached hydrogens (tertiary/aromatic N) is 2. The van der Waals surface area contributed by atoms with Crippen LogP contribution in [0, 0.1) is 0 Å². The zero-order valence-electron chi connectivity index (χ0n) is 5.79. The largest absolute Gasteiger partial charge is 0.368 e. The lowest BCUT2D eigenvalue weighted by Gasteiger charge is -1.88. The van der Waals surface area contributed by atoms with E-state index >= 15 is 0 Å². The van der Waals surface area contributed by atoms with Crippen molar-refractivity contribution in [1.82, 2.24) is 15.2 Å². The molecule has 4 nitrogen and oxygen atoms in total. The first-order valence-electron chi connectivity index (χ1n) is 2.98. The van der Waals surface area contributed by atoms with E-state index in [-0.39, 0.29) is 0 Å². The molecule has 0 saturated heterocycles. The Morgan fingerprint density at radius 1 is 1.70 bits per heavy atom. The van der Waals surface area contributed by atoms with Crippen LogP contribution in [0.15, 0.2) is 0 Å². The third-order valence-corrected chi connectivity index (χ3v) is 1.69. The van der Waals surface area contributed by atoms with Gasteiger partial charge in [-0.1, -0.05) is 0 Å². The Kier molecular flexibility index (Phi) is 2.56. The number of H-pyrrole nitrogens is 1. The molecule has 0 saturated carbocycles. The van der Waals surface area contributed by atoms with Crippen molar-refractivity contribution in [2.75, 3.05) is 17.7 Å². The van der Waals surface area contributed by atoms with Crippen molar-refractivity contribution in [2.24, 2.45) is 0 Å². The summed E-state index contributed by atoms with van der Waals surface area (Å²) in [6, 6.07) is 0. The van der Waals surface area contributed by atoms with Gasteiger partial charge in [0.2, 0.25) is 5.95 Å². The number of nitrogens with one attached hydrogen (secondary N) is 1. The Bertz CT molecular complexity index is 197. The predicted molar refractivity (Wildman–Crippen MR) is 42.9 cm³/mol. The van der Waals surface area contributed by atoms with Gasteiger partial charge in [0.05, 0.1) is 0 Å². The maximum absolute atomic E-state index is 5.31. The van der Waals surface area contributed by atoms with E-state index in [1.165, 1.54) is 0 Å². The first kappa shape index (κ1) is 7.40. The number of thioether (sulfide) groups is 1. The molecule has 0 aliphatic carbocycles. The molecule has 0 radical (unpaired) electrons. The summed E-state index contributed by atoms with van der Waals surface area (Å²) in [6.07, 6.45) is 2.94. The SMILES string of the molecule is CSCCc1n[nH]c(N)n1. The molecule has 0 spiro atoms. The minimum atomic E-state index is 0.399. The number of nitrogen functional groups attached to an aromatic ring is 1. The number of rotatable bonds is 3. The van der Waals surface area contributed by atoms with E-state index in [1.807, 2.05) is 0 Å². The van der Waals surface area contributed by atoms with Crippen LogP contribution in [0.25, 0.3) is 0 Å². The molecule has 3 N–H and O–H groups in total. The van der Waals surface area contributed by atoms with Crippen LogP contribution < -0.4 is 5.73 Å². The van der Waals surface area contributed by atoms with Crippen molar-refractivity contribution in [3.05, 3.63) is 5.82 Å². The van der Waals surface area contributed by atoms with E-state index in [2.05, 4.69) is 21.4 Å². The van der Waals surface area contributed by atoms with Crippen LogP contribution in [0.1, 0.15) is 5.82 Å². The Labute approximate surface area is 63.6 Å². The van der Waals surface area contributed by atoms with Gasteiger partial charge in [-0.05, 0) is 6.26 Å². The van der Waals surface area contributed by atoms with Crippen LogP contribution >= 0.6 is 11.8 Å². The summed E-state index contributed by atoms with van der Waals surface area (Å²) >= 11 is 1.77. The molecule has 0 atom stereocenters. The number of hydrogen-bond acceptors (Lipinski definition) is 4.